The number of thiocarbonyl (C=S) groups is 1. The van der Waals surface area contributed by atoms with Crippen molar-refractivity contribution in [3.8, 4) is 0 Å². The lowest BCUT2D eigenvalue weighted by Gasteiger charge is -2.17. The molecule has 0 unspecified atom stereocenters. The van der Waals surface area contributed by atoms with Crippen LogP contribution in [0.2, 0.25) is 0 Å². The summed E-state index contributed by atoms with van der Waals surface area (Å²) >= 11 is 6.09. The first kappa shape index (κ1) is 24.1. The fraction of sp³-hybridized carbons (Fsp3) is 0.182. The van der Waals surface area contributed by atoms with Gasteiger partial charge >= 0.3 is 0 Å². The number of rotatable bonds is 6. The molecule has 2 aliphatic rings. The van der Waals surface area contributed by atoms with Crippen LogP contribution in [-0.2, 0) is 24.5 Å². The standard InChI is InChI=1S/C22H19N3O6S3/c1-13-5-4-6-14(11-13)23-17(26)12-25-16-8-3-2-7-15(16)18(20(25)27)19-21(28)24(22(32)33-19)9-10-34(29,30)31/h2-8,11H,9-10,12H2,1H3,(H,23,26)(H,29,30,31)/b19-18+. The Balaban J connectivity index is 1.62. The SMILES string of the molecule is Cc1cccc(NC(=O)CN2C(=O)/C(=C3/SC(=S)N(CCS(=O)(=O)O)C3=O)c3ccccc32)c1. The van der Waals surface area contributed by atoms with Gasteiger partial charge in [0.1, 0.15) is 10.9 Å². The molecule has 2 heterocycles. The second-order valence-corrected chi connectivity index (χ2v) is 10.9. The molecule has 0 atom stereocenters. The summed E-state index contributed by atoms with van der Waals surface area (Å²) in [5, 5.41) is 2.77. The van der Waals surface area contributed by atoms with Gasteiger partial charge in [0.25, 0.3) is 21.9 Å². The van der Waals surface area contributed by atoms with Gasteiger partial charge in [0, 0.05) is 17.8 Å². The van der Waals surface area contributed by atoms with Gasteiger partial charge in [-0.15, -0.1) is 0 Å². The minimum atomic E-state index is -4.30. The van der Waals surface area contributed by atoms with Crippen LogP contribution in [0.15, 0.2) is 53.4 Å². The van der Waals surface area contributed by atoms with E-state index in [1.807, 2.05) is 19.1 Å². The van der Waals surface area contributed by atoms with Crippen molar-refractivity contribution in [2.45, 2.75) is 6.92 Å². The van der Waals surface area contributed by atoms with Crippen LogP contribution in [0.3, 0.4) is 0 Å². The van der Waals surface area contributed by atoms with Crippen molar-refractivity contribution in [3.05, 3.63) is 64.6 Å². The van der Waals surface area contributed by atoms with E-state index in [-0.39, 0.29) is 27.9 Å². The van der Waals surface area contributed by atoms with E-state index in [1.54, 1.807) is 36.4 Å². The number of fused-ring (bicyclic) bond motifs is 1. The highest BCUT2D eigenvalue weighted by Gasteiger charge is 2.42. The molecule has 2 aromatic carbocycles. The number of anilines is 2. The second-order valence-electron chi connectivity index (χ2n) is 7.64. The number of para-hydroxylation sites is 1. The van der Waals surface area contributed by atoms with E-state index in [0.717, 1.165) is 22.2 Å². The summed E-state index contributed by atoms with van der Waals surface area (Å²) in [6.45, 7) is 1.30. The van der Waals surface area contributed by atoms with Crippen LogP contribution in [-0.4, -0.2) is 58.8 Å². The number of hydrogen-bond donors (Lipinski definition) is 2. The van der Waals surface area contributed by atoms with E-state index in [0.29, 0.717) is 16.9 Å². The van der Waals surface area contributed by atoms with Crippen LogP contribution in [0.1, 0.15) is 11.1 Å². The maximum atomic E-state index is 13.4. The smallest absolute Gasteiger partial charge is 0.267 e. The average Bonchev–Trinajstić information content (AvgIpc) is 3.18. The van der Waals surface area contributed by atoms with Gasteiger partial charge in [0.05, 0.1) is 21.9 Å². The van der Waals surface area contributed by atoms with Crippen LogP contribution in [0, 0.1) is 6.92 Å². The summed E-state index contributed by atoms with van der Waals surface area (Å²) in [5.74, 6) is -2.24. The molecule has 0 radical (unpaired) electrons. The molecule has 176 valence electrons. The zero-order valence-electron chi connectivity index (χ0n) is 17.8. The van der Waals surface area contributed by atoms with Crippen LogP contribution in [0.5, 0.6) is 0 Å². The Kier molecular flexibility index (Phi) is 6.58. The van der Waals surface area contributed by atoms with Gasteiger partial charge in [-0.05, 0) is 30.7 Å². The lowest BCUT2D eigenvalue weighted by atomic mass is 10.1. The number of nitrogens with zero attached hydrogens (tertiary/aromatic N) is 2. The molecule has 1 fully saturated rings. The topological polar surface area (TPSA) is 124 Å². The number of thioether (sulfide) groups is 1. The third kappa shape index (κ3) is 4.89. The molecule has 3 amide bonds. The Morgan fingerprint density at radius 1 is 1.09 bits per heavy atom. The fourth-order valence-corrected chi connectivity index (χ4v) is 5.47. The van der Waals surface area contributed by atoms with Crippen LogP contribution in [0.4, 0.5) is 11.4 Å². The Labute approximate surface area is 205 Å². The molecule has 2 aromatic rings. The van der Waals surface area contributed by atoms with E-state index in [2.05, 4.69) is 5.32 Å². The summed E-state index contributed by atoms with van der Waals surface area (Å²) in [4.78, 5) is 41.5. The zero-order chi connectivity index (χ0) is 24.6. The summed E-state index contributed by atoms with van der Waals surface area (Å²) in [6.07, 6.45) is 0. The Hall–Kier alpha value is -3.06. The van der Waals surface area contributed by atoms with Crippen molar-refractivity contribution in [1.29, 1.82) is 0 Å². The Morgan fingerprint density at radius 2 is 1.82 bits per heavy atom. The molecule has 0 aromatic heterocycles. The quantitative estimate of drug-likeness (QED) is 0.340. The fourth-order valence-electron chi connectivity index (χ4n) is 3.67. The predicted molar refractivity (Wildman–Crippen MR) is 134 cm³/mol. The summed E-state index contributed by atoms with van der Waals surface area (Å²) < 4.78 is 31.3. The normalized spacial score (nSPS) is 18.0. The lowest BCUT2D eigenvalue weighted by molar-refractivity contribution is -0.122. The maximum absolute atomic E-state index is 13.4. The van der Waals surface area contributed by atoms with Gasteiger partial charge in [0.15, 0.2) is 0 Å². The molecule has 1 saturated heterocycles. The highest BCUT2D eigenvalue weighted by atomic mass is 32.2. The first-order valence-electron chi connectivity index (χ1n) is 10.1. The molecule has 4 rings (SSSR count). The molecule has 0 bridgehead atoms. The van der Waals surface area contributed by atoms with Crippen molar-refractivity contribution in [3.63, 3.8) is 0 Å². The van der Waals surface area contributed by atoms with E-state index in [9.17, 15) is 22.8 Å². The molecule has 0 saturated carbocycles. The van der Waals surface area contributed by atoms with Crippen molar-refractivity contribution in [1.82, 2.24) is 4.90 Å². The lowest BCUT2D eigenvalue weighted by Crippen LogP contribution is -2.36. The average molecular weight is 518 g/mol. The molecule has 34 heavy (non-hydrogen) atoms. The number of hydrogen-bond acceptors (Lipinski definition) is 7. The van der Waals surface area contributed by atoms with Gasteiger partial charge in [-0.1, -0.05) is 54.3 Å². The van der Waals surface area contributed by atoms with Crippen LogP contribution < -0.4 is 10.2 Å². The number of benzene rings is 2. The molecule has 0 aliphatic carbocycles. The highest BCUT2D eigenvalue weighted by Crippen LogP contribution is 2.44. The summed E-state index contributed by atoms with van der Waals surface area (Å²) in [7, 11) is -4.30. The highest BCUT2D eigenvalue weighted by molar-refractivity contribution is 8.26. The summed E-state index contributed by atoms with van der Waals surface area (Å²) in [5.41, 5.74) is 2.63. The summed E-state index contributed by atoms with van der Waals surface area (Å²) in [6, 6.07) is 14.0. The molecule has 2 aliphatic heterocycles. The molecular weight excluding hydrogens is 498 g/mol. The first-order valence-corrected chi connectivity index (χ1v) is 12.9. The largest absolute Gasteiger partial charge is 0.325 e. The first-order chi connectivity index (χ1) is 16.0. The number of aryl methyl sites for hydroxylation is 1. The second kappa shape index (κ2) is 9.29. The molecular formula is C22H19N3O6S3. The number of amides is 3. The van der Waals surface area contributed by atoms with Crippen molar-refractivity contribution in [2.24, 2.45) is 0 Å². The van der Waals surface area contributed by atoms with Gasteiger partial charge in [0.2, 0.25) is 5.91 Å². The van der Waals surface area contributed by atoms with E-state index in [4.69, 9.17) is 16.8 Å². The van der Waals surface area contributed by atoms with Gasteiger partial charge in [-0.2, -0.15) is 8.42 Å². The van der Waals surface area contributed by atoms with E-state index < -0.39 is 33.6 Å². The number of nitrogens with one attached hydrogen (secondary N) is 1. The predicted octanol–water partition coefficient (Wildman–Crippen LogP) is 2.44. The number of carbonyl (C=O) groups is 3. The van der Waals surface area contributed by atoms with Crippen LogP contribution in [0.25, 0.3) is 5.57 Å². The zero-order valence-corrected chi connectivity index (χ0v) is 20.3. The van der Waals surface area contributed by atoms with Crippen molar-refractivity contribution in [2.75, 3.05) is 29.1 Å². The Bertz CT molecular complexity index is 1370. The minimum absolute atomic E-state index is 0.0550. The third-order valence-corrected chi connectivity index (χ3v) is 7.32. The van der Waals surface area contributed by atoms with Gasteiger partial charge < -0.3 is 5.32 Å². The van der Waals surface area contributed by atoms with E-state index >= 15 is 0 Å². The molecule has 0 spiro atoms. The van der Waals surface area contributed by atoms with Crippen molar-refractivity contribution < 1.29 is 27.4 Å². The van der Waals surface area contributed by atoms with Gasteiger partial charge in [-0.25, -0.2) is 0 Å². The molecule has 12 heteroatoms. The maximum Gasteiger partial charge on any atom is 0.267 e. The van der Waals surface area contributed by atoms with Crippen molar-refractivity contribution >= 4 is 73.1 Å². The minimum Gasteiger partial charge on any atom is -0.325 e. The van der Waals surface area contributed by atoms with Gasteiger partial charge in [-0.3, -0.25) is 28.7 Å². The third-order valence-electron chi connectivity index (χ3n) is 5.18. The molecule has 2 N–H and O–H groups in total. The monoisotopic (exact) mass is 517 g/mol. The Morgan fingerprint density at radius 3 is 2.53 bits per heavy atom. The van der Waals surface area contributed by atoms with E-state index in [1.165, 1.54) is 4.90 Å². The van der Waals surface area contributed by atoms with Crippen LogP contribution >= 0.6 is 24.0 Å². The molecule has 9 nitrogen and oxygen atoms in total. The number of carbonyl (C=O) groups excluding carboxylic acids is 3.